The second-order valence-electron chi connectivity index (χ2n) is 15.2. The van der Waals surface area contributed by atoms with Crippen LogP contribution in [-0.4, -0.2) is 95.7 Å². The lowest BCUT2D eigenvalue weighted by Crippen LogP contribution is -2.55. The second kappa shape index (κ2) is 15.1. The summed E-state index contributed by atoms with van der Waals surface area (Å²) < 4.78 is 49.3. The van der Waals surface area contributed by atoms with Gasteiger partial charge in [-0.1, -0.05) is 18.4 Å². The van der Waals surface area contributed by atoms with Crippen molar-refractivity contribution in [3.05, 3.63) is 47.7 Å². The van der Waals surface area contributed by atoms with Gasteiger partial charge in [-0.25, -0.2) is 13.6 Å². The summed E-state index contributed by atoms with van der Waals surface area (Å²) in [6, 6.07) is 6.12. The smallest absolute Gasteiger partial charge is 0.407 e. The SMILES string of the molecule is C#Cc1c(F)ccc2cc(O)cc(-c3ncc4c(N5CCCOCC5)nc(OCC56CCCC5N(CC5CC(NC(=O)OCC)C5)CCC6)nc4c3F)c12. The number of fused-ring (bicyclic) bond motifs is 3. The fourth-order valence-corrected chi connectivity index (χ4v) is 9.34. The van der Waals surface area contributed by atoms with Crippen molar-refractivity contribution in [2.75, 3.05) is 57.5 Å². The quantitative estimate of drug-likeness (QED) is 0.182. The molecule has 284 valence electrons. The number of piperidine rings is 1. The molecule has 2 saturated heterocycles. The summed E-state index contributed by atoms with van der Waals surface area (Å²) in [7, 11) is 0. The van der Waals surface area contributed by atoms with E-state index >= 15 is 4.39 Å². The van der Waals surface area contributed by atoms with Crippen LogP contribution in [0.3, 0.4) is 0 Å². The van der Waals surface area contributed by atoms with E-state index in [9.17, 15) is 14.3 Å². The number of ether oxygens (including phenoxy) is 3. The number of amides is 1. The molecule has 8 rings (SSSR count). The first-order valence-corrected chi connectivity index (χ1v) is 19.2. The van der Waals surface area contributed by atoms with Gasteiger partial charge in [-0.15, -0.1) is 6.42 Å². The number of hydrogen-bond donors (Lipinski definition) is 2. The number of likely N-dealkylation sites (tertiary alicyclic amines) is 1. The largest absolute Gasteiger partial charge is 0.508 e. The molecule has 2 aliphatic heterocycles. The predicted octanol–water partition coefficient (Wildman–Crippen LogP) is 6.58. The molecule has 0 radical (unpaired) electrons. The number of aromatic hydroxyl groups is 1. The molecule has 54 heavy (non-hydrogen) atoms. The molecule has 1 amide bonds. The standard InChI is InChI=1S/C41H46F2N6O5/c1-3-29-32(42)10-9-26-20-28(50)21-30(34(26)29)36-35(43)37-31(22-44-36)38(48-14-7-16-52-17-15-48)47-39(46-37)54-24-41-11-5-8-33(41)49(13-6-12-41)23-25-18-27(19-25)45-40(51)53-4-2/h1,9-10,20-22,25,27,33,50H,4-8,11-19,23-24H2,2H3,(H,45,51). The van der Waals surface area contributed by atoms with Gasteiger partial charge in [-0.3, -0.25) is 9.88 Å². The molecular weight excluding hydrogens is 694 g/mol. The summed E-state index contributed by atoms with van der Waals surface area (Å²) in [6.07, 6.45) is 14.9. The molecule has 11 nitrogen and oxygen atoms in total. The molecule has 2 atom stereocenters. The normalized spacial score (nSPS) is 24.4. The Morgan fingerprint density at radius 3 is 2.81 bits per heavy atom. The number of nitrogens with one attached hydrogen (secondary N) is 1. The maximum atomic E-state index is 17.0. The number of benzene rings is 2. The number of hydrogen-bond acceptors (Lipinski definition) is 10. The first-order valence-electron chi connectivity index (χ1n) is 19.2. The van der Waals surface area contributed by atoms with Crippen LogP contribution in [-0.2, 0) is 9.47 Å². The molecule has 4 aromatic rings. The van der Waals surface area contributed by atoms with Crippen LogP contribution >= 0.6 is 0 Å². The van der Waals surface area contributed by atoms with Crippen molar-refractivity contribution < 1.29 is 32.9 Å². The third-order valence-electron chi connectivity index (χ3n) is 11.9. The summed E-state index contributed by atoms with van der Waals surface area (Å²) in [5.74, 6) is 1.91. The average molecular weight is 741 g/mol. The number of carbonyl (C=O) groups is 1. The number of carbonyl (C=O) groups excluding carboxylic acids is 1. The predicted molar refractivity (Wildman–Crippen MR) is 200 cm³/mol. The van der Waals surface area contributed by atoms with Gasteiger partial charge in [0, 0.05) is 60.9 Å². The molecule has 13 heteroatoms. The van der Waals surface area contributed by atoms with Gasteiger partial charge in [0.05, 0.1) is 30.8 Å². The van der Waals surface area contributed by atoms with Crippen LogP contribution in [0.25, 0.3) is 32.9 Å². The van der Waals surface area contributed by atoms with E-state index in [1.807, 2.05) is 0 Å². The molecule has 4 heterocycles. The van der Waals surface area contributed by atoms with E-state index in [-0.39, 0.29) is 57.0 Å². The molecule has 0 bridgehead atoms. The molecule has 2 saturated carbocycles. The van der Waals surface area contributed by atoms with E-state index in [0.717, 1.165) is 64.5 Å². The average Bonchev–Trinajstić information content (AvgIpc) is 3.40. The number of aromatic nitrogens is 3. The molecule has 2 aromatic carbocycles. The van der Waals surface area contributed by atoms with Crippen molar-refractivity contribution in [1.29, 1.82) is 0 Å². The monoisotopic (exact) mass is 740 g/mol. The van der Waals surface area contributed by atoms with Crippen LogP contribution in [0.4, 0.5) is 19.4 Å². The van der Waals surface area contributed by atoms with Gasteiger partial charge in [-0.05, 0) is 87.9 Å². The topological polar surface area (TPSA) is 122 Å². The van der Waals surface area contributed by atoms with E-state index < -0.39 is 11.6 Å². The summed E-state index contributed by atoms with van der Waals surface area (Å²) in [5.41, 5.74) is -0.0712. The number of phenolic OH excluding ortho intramolecular Hbond substituents is 1. The van der Waals surface area contributed by atoms with Crippen molar-refractivity contribution in [3.63, 3.8) is 0 Å². The third kappa shape index (κ3) is 6.86. The lowest BCUT2D eigenvalue weighted by atomic mass is 9.74. The van der Waals surface area contributed by atoms with Crippen LogP contribution in [0.2, 0.25) is 0 Å². The zero-order chi connectivity index (χ0) is 37.4. The zero-order valence-corrected chi connectivity index (χ0v) is 30.6. The fraction of sp³-hybridized carbons (Fsp3) is 0.512. The fourth-order valence-electron chi connectivity index (χ4n) is 9.34. The molecule has 4 fully saturated rings. The molecule has 2 unspecified atom stereocenters. The van der Waals surface area contributed by atoms with Crippen LogP contribution in [0, 0.1) is 35.3 Å². The number of rotatable bonds is 9. The van der Waals surface area contributed by atoms with Gasteiger partial charge < -0.3 is 29.5 Å². The highest BCUT2D eigenvalue weighted by molar-refractivity contribution is 6.03. The van der Waals surface area contributed by atoms with Crippen molar-refractivity contribution in [2.24, 2.45) is 11.3 Å². The number of nitrogens with zero attached hydrogens (tertiary/aromatic N) is 5. The number of pyridine rings is 1. The van der Waals surface area contributed by atoms with Gasteiger partial charge in [0.25, 0.3) is 0 Å². The minimum atomic E-state index is -0.747. The molecule has 2 aromatic heterocycles. The minimum Gasteiger partial charge on any atom is -0.508 e. The molecule has 2 N–H and O–H groups in total. The van der Waals surface area contributed by atoms with E-state index in [4.69, 9.17) is 30.6 Å². The zero-order valence-electron chi connectivity index (χ0n) is 30.6. The van der Waals surface area contributed by atoms with Crippen molar-refractivity contribution >= 4 is 33.6 Å². The number of alkyl carbamates (subject to hydrolysis) is 1. The Morgan fingerprint density at radius 2 is 1.98 bits per heavy atom. The van der Waals surface area contributed by atoms with E-state index in [1.54, 1.807) is 6.92 Å². The van der Waals surface area contributed by atoms with Gasteiger partial charge in [0.1, 0.15) is 28.6 Å². The summed E-state index contributed by atoms with van der Waals surface area (Å²) in [5, 5.41) is 14.7. The van der Waals surface area contributed by atoms with Gasteiger partial charge >= 0.3 is 12.1 Å². The number of terminal acetylenes is 1. The van der Waals surface area contributed by atoms with Crippen LogP contribution in [0.15, 0.2) is 30.5 Å². The third-order valence-corrected chi connectivity index (χ3v) is 11.9. The van der Waals surface area contributed by atoms with Crippen LogP contribution < -0.4 is 15.0 Å². The molecule has 2 aliphatic carbocycles. The van der Waals surface area contributed by atoms with E-state index in [1.165, 1.54) is 30.5 Å². The minimum absolute atomic E-state index is 0.0158. The molecular formula is C41H46F2N6O5. The first kappa shape index (κ1) is 36.2. The van der Waals surface area contributed by atoms with Crippen LogP contribution in [0.1, 0.15) is 63.9 Å². The van der Waals surface area contributed by atoms with E-state index in [2.05, 4.69) is 26.0 Å². The van der Waals surface area contributed by atoms with Gasteiger partial charge in [0.15, 0.2) is 5.82 Å². The Bertz CT molecular complexity index is 2100. The highest BCUT2D eigenvalue weighted by atomic mass is 19.1. The Labute approximate surface area is 313 Å². The van der Waals surface area contributed by atoms with Crippen molar-refractivity contribution in [3.8, 4) is 35.4 Å². The number of halogens is 2. The molecule has 0 spiro atoms. The van der Waals surface area contributed by atoms with Crippen molar-refractivity contribution in [1.82, 2.24) is 25.2 Å². The summed E-state index contributed by atoms with van der Waals surface area (Å²) in [4.78, 5) is 30.7. The number of phenols is 1. The van der Waals surface area contributed by atoms with Crippen LogP contribution in [0.5, 0.6) is 11.8 Å². The molecule has 4 aliphatic rings. The Kier molecular flexibility index (Phi) is 10.2. The Balaban J connectivity index is 1.10. The summed E-state index contributed by atoms with van der Waals surface area (Å²) in [6.45, 7) is 6.89. The van der Waals surface area contributed by atoms with Gasteiger partial charge in [0.2, 0.25) is 0 Å². The maximum absolute atomic E-state index is 17.0. The maximum Gasteiger partial charge on any atom is 0.407 e. The Morgan fingerprint density at radius 1 is 1.13 bits per heavy atom. The lowest BCUT2D eigenvalue weighted by molar-refractivity contribution is -0.0163. The highest BCUT2D eigenvalue weighted by Crippen LogP contribution is 2.49. The first-order chi connectivity index (χ1) is 26.3. The summed E-state index contributed by atoms with van der Waals surface area (Å²) >= 11 is 0. The van der Waals surface area contributed by atoms with E-state index in [0.29, 0.717) is 68.1 Å². The highest BCUT2D eigenvalue weighted by Gasteiger charge is 2.49. The lowest BCUT2D eigenvalue weighted by Gasteiger charge is -2.49. The number of anilines is 1. The van der Waals surface area contributed by atoms with Crippen molar-refractivity contribution in [2.45, 2.75) is 70.4 Å². The second-order valence-corrected chi connectivity index (χ2v) is 15.2. The Hall–Kier alpha value is -4.80. The van der Waals surface area contributed by atoms with Gasteiger partial charge in [-0.2, -0.15) is 9.97 Å².